The number of nitrogen functional groups attached to an aromatic ring is 1. The first-order chi connectivity index (χ1) is 9.63. The number of hydrogen-bond acceptors (Lipinski definition) is 4. The molecule has 2 aromatic carbocycles. The molecule has 0 aliphatic carbocycles. The Labute approximate surface area is 122 Å². The molecule has 4 heteroatoms. The Morgan fingerprint density at radius 1 is 1.20 bits per heavy atom. The summed E-state index contributed by atoms with van der Waals surface area (Å²) in [6.07, 6.45) is 0. The summed E-state index contributed by atoms with van der Waals surface area (Å²) < 4.78 is 5.72. The van der Waals surface area contributed by atoms with Crippen molar-refractivity contribution in [2.75, 3.05) is 5.73 Å². The lowest BCUT2D eigenvalue weighted by molar-refractivity contribution is 0.556. The highest BCUT2D eigenvalue weighted by atomic mass is 32.2. The molecule has 0 bridgehead atoms. The molecule has 0 saturated heterocycles. The molecule has 0 unspecified atom stereocenters. The zero-order valence-electron chi connectivity index (χ0n) is 11.5. The molecule has 0 fully saturated rings. The quantitative estimate of drug-likeness (QED) is 0.575. The summed E-state index contributed by atoms with van der Waals surface area (Å²) in [6.45, 7) is 4.23. The Bertz CT molecular complexity index is 764. The first-order valence-corrected chi connectivity index (χ1v) is 7.46. The minimum atomic E-state index is 0.661. The number of oxazole rings is 1. The molecule has 1 aromatic heterocycles. The highest BCUT2D eigenvalue weighted by Gasteiger charge is 2.09. The molecule has 0 saturated carbocycles. The molecule has 20 heavy (non-hydrogen) atoms. The predicted molar refractivity (Wildman–Crippen MR) is 83.9 cm³/mol. The maximum absolute atomic E-state index is 5.89. The lowest BCUT2D eigenvalue weighted by Gasteiger charge is -2.04. The smallest absolute Gasteiger partial charge is 0.205 e. The first-order valence-electron chi connectivity index (χ1n) is 6.47. The van der Waals surface area contributed by atoms with Gasteiger partial charge in [-0.15, -0.1) is 11.8 Å². The van der Waals surface area contributed by atoms with Gasteiger partial charge in [0.15, 0.2) is 5.58 Å². The Morgan fingerprint density at radius 2 is 2.05 bits per heavy atom. The van der Waals surface area contributed by atoms with Crippen molar-refractivity contribution in [2.24, 2.45) is 0 Å². The van der Waals surface area contributed by atoms with Crippen LogP contribution in [0.3, 0.4) is 0 Å². The molecule has 2 N–H and O–H groups in total. The number of thioether (sulfide) groups is 1. The van der Waals surface area contributed by atoms with Crippen molar-refractivity contribution >= 4 is 28.5 Å². The molecule has 3 nitrogen and oxygen atoms in total. The number of benzene rings is 2. The summed E-state index contributed by atoms with van der Waals surface area (Å²) in [7, 11) is 0. The fourth-order valence-electron chi connectivity index (χ4n) is 2.18. The molecule has 3 aromatic rings. The van der Waals surface area contributed by atoms with Crippen molar-refractivity contribution in [3.8, 4) is 0 Å². The van der Waals surface area contributed by atoms with Crippen LogP contribution < -0.4 is 5.73 Å². The monoisotopic (exact) mass is 284 g/mol. The summed E-state index contributed by atoms with van der Waals surface area (Å²) in [4.78, 5) is 5.72. The van der Waals surface area contributed by atoms with Crippen molar-refractivity contribution in [3.63, 3.8) is 0 Å². The number of rotatable bonds is 3. The Morgan fingerprint density at radius 3 is 2.80 bits per heavy atom. The number of hydrogen-bond donors (Lipinski definition) is 1. The third-order valence-corrected chi connectivity index (χ3v) is 4.34. The average Bonchev–Trinajstić information content (AvgIpc) is 2.82. The lowest BCUT2D eigenvalue weighted by Crippen LogP contribution is -1.86. The lowest BCUT2D eigenvalue weighted by atomic mass is 10.2. The maximum atomic E-state index is 5.89. The van der Waals surface area contributed by atoms with E-state index in [-0.39, 0.29) is 0 Å². The first kappa shape index (κ1) is 13.1. The highest BCUT2D eigenvalue weighted by molar-refractivity contribution is 7.98. The van der Waals surface area contributed by atoms with Crippen LogP contribution in [0.15, 0.2) is 45.7 Å². The van der Waals surface area contributed by atoms with E-state index in [1.54, 1.807) is 11.8 Å². The maximum Gasteiger partial charge on any atom is 0.205 e. The summed E-state index contributed by atoms with van der Waals surface area (Å²) >= 11 is 1.73. The van der Waals surface area contributed by atoms with Gasteiger partial charge in [-0.25, -0.2) is 4.98 Å². The Kier molecular flexibility index (Phi) is 3.40. The van der Waals surface area contributed by atoms with Gasteiger partial charge in [-0.2, -0.15) is 0 Å². The van der Waals surface area contributed by atoms with Gasteiger partial charge in [-0.3, -0.25) is 0 Å². The fourth-order valence-corrected chi connectivity index (χ4v) is 3.03. The molecular formula is C16H16N2OS. The number of fused-ring (bicyclic) bond motifs is 1. The van der Waals surface area contributed by atoms with Gasteiger partial charge in [0.2, 0.25) is 5.89 Å². The Balaban J connectivity index is 1.81. The zero-order valence-corrected chi connectivity index (χ0v) is 12.3. The van der Waals surface area contributed by atoms with Crippen LogP contribution in [0.2, 0.25) is 0 Å². The van der Waals surface area contributed by atoms with E-state index in [2.05, 4.69) is 37.0 Å². The number of anilines is 1. The minimum Gasteiger partial charge on any atom is -0.440 e. The molecule has 0 radical (unpaired) electrons. The number of nitrogens with two attached hydrogens (primary N) is 1. The van der Waals surface area contributed by atoms with Crippen molar-refractivity contribution in [3.05, 3.63) is 53.4 Å². The van der Waals surface area contributed by atoms with Crippen LogP contribution >= 0.6 is 11.8 Å². The van der Waals surface area contributed by atoms with Crippen molar-refractivity contribution < 1.29 is 4.42 Å². The van der Waals surface area contributed by atoms with E-state index in [1.807, 2.05) is 18.2 Å². The molecule has 0 aliphatic rings. The molecule has 0 amide bonds. The van der Waals surface area contributed by atoms with E-state index in [9.17, 15) is 0 Å². The minimum absolute atomic E-state index is 0.661. The van der Waals surface area contributed by atoms with Gasteiger partial charge in [0.05, 0.1) is 11.4 Å². The van der Waals surface area contributed by atoms with Gasteiger partial charge < -0.3 is 10.2 Å². The second kappa shape index (κ2) is 5.21. The zero-order chi connectivity index (χ0) is 14.1. The SMILES string of the molecule is Cc1ccc(SCc2nc3c(N)cccc3o2)c(C)c1. The van der Waals surface area contributed by atoms with Gasteiger partial charge >= 0.3 is 0 Å². The van der Waals surface area contributed by atoms with Gasteiger partial charge in [-0.1, -0.05) is 23.8 Å². The van der Waals surface area contributed by atoms with Gasteiger partial charge in [0, 0.05) is 4.90 Å². The van der Waals surface area contributed by atoms with Crippen LogP contribution in [0, 0.1) is 13.8 Å². The number of aryl methyl sites for hydroxylation is 2. The van der Waals surface area contributed by atoms with Crippen LogP contribution in [0.1, 0.15) is 17.0 Å². The topological polar surface area (TPSA) is 52.0 Å². The van der Waals surface area contributed by atoms with Crippen molar-refractivity contribution in [2.45, 2.75) is 24.5 Å². The summed E-state index contributed by atoms with van der Waals surface area (Å²) in [6, 6.07) is 12.1. The van der Waals surface area contributed by atoms with Crippen molar-refractivity contribution in [1.29, 1.82) is 0 Å². The molecular weight excluding hydrogens is 268 g/mol. The van der Waals surface area contributed by atoms with Crippen LogP contribution in [-0.4, -0.2) is 4.98 Å². The van der Waals surface area contributed by atoms with E-state index in [0.717, 1.165) is 11.1 Å². The number of aromatic nitrogens is 1. The third kappa shape index (κ3) is 2.51. The van der Waals surface area contributed by atoms with Crippen LogP contribution in [0.25, 0.3) is 11.1 Å². The van der Waals surface area contributed by atoms with E-state index < -0.39 is 0 Å². The summed E-state index contributed by atoms with van der Waals surface area (Å²) in [5.41, 5.74) is 10.6. The van der Waals surface area contributed by atoms with Crippen LogP contribution in [-0.2, 0) is 5.75 Å². The average molecular weight is 284 g/mol. The van der Waals surface area contributed by atoms with Gasteiger partial charge in [0.1, 0.15) is 5.52 Å². The van der Waals surface area contributed by atoms with Crippen LogP contribution in [0.5, 0.6) is 0 Å². The van der Waals surface area contributed by atoms with Gasteiger partial charge in [0.25, 0.3) is 0 Å². The molecule has 0 aliphatic heterocycles. The van der Waals surface area contributed by atoms with E-state index in [4.69, 9.17) is 10.2 Å². The molecule has 102 valence electrons. The second-order valence-electron chi connectivity index (χ2n) is 4.86. The normalized spacial score (nSPS) is 11.1. The van der Waals surface area contributed by atoms with E-state index in [1.165, 1.54) is 16.0 Å². The summed E-state index contributed by atoms with van der Waals surface area (Å²) in [5.74, 6) is 1.42. The second-order valence-corrected chi connectivity index (χ2v) is 5.88. The van der Waals surface area contributed by atoms with E-state index >= 15 is 0 Å². The largest absolute Gasteiger partial charge is 0.440 e. The van der Waals surface area contributed by atoms with Crippen LogP contribution in [0.4, 0.5) is 5.69 Å². The number of para-hydroxylation sites is 1. The molecule has 3 rings (SSSR count). The molecule has 0 atom stereocenters. The molecule has 1 heterocycles. The third-order valence-electron chi connectivity index (χ3n) is 3.18. The highest BCUT2D eigenvalue weighted by Crippen LogP contribution is 2.28. The molecule has 0 spiro atoms. The predicted octanol–water partition coefficient (Wildman–Crippen LogP) is 4.32. The Hall–Kier alpha value is -1.94. The standard InChI is InChI=1S/C16H16N2OS/c1-10-6-7-14(11(2)8-10)20-9-15-18-16-12(17)4-3-5-13(16)19-15/h3-8H,9,17H2,1-2H3. The van der Waals surface area contributed by atoms with E-state index in [0.29, 0.717) is 17.3 Å². The number of nitrogens with zero attached hydrogens (tertiary/aromatic N) is 1. The summed E-state index contributed by atoms with van der Waals surface area (Å²) in [5, 5.41) is 0. The van der Waals surface area contributed by atoms with Gasteiger partial charge in [-0.05, 0) is 37.6 Å². The van der Waals surface area contributed by atoms with Crippen molar-refractivity contribution in [1.82, 2.24) is 4.98 Å². The fraction of sp³-hybridized carbons (Fsp3) is 0.188.